The number of benzene rings is 2. The van der Waals surface area contributed by atoms with Gasteiger partial charge in [0.05, 0.1) is 12.3 Å². The summed E-state index contributed by atoms with van der Waals surface area (Å²) in [6.07, 6.45) is 8.40. The summed E-state index contributed by atoms with van der Waals surface area (Å²) in [5, 5.41) is 14.7. The van der Waals surface area contributed by atoms with Crippen molar-refractivity contribution in [1.29, 1.82) is 5.26 Å². The molecule has 0 radical (unpaired) electrons. The summed E-state index contributed by atoms with van der Waals surface area (Å²) < 4.78 is 5.66. The Balaban J connectivity index is 1.42. The monoisotopic (exact) mass is 457 g/mol. The number of thiazole rings is 1. The largest absolute Gasteiger partial charge is 0.494 e. The lowest BCUT2D eigenvalue weighted by Gasteiger charge is -2.16. The molecule has 1 amide bonds. The van der Waals surface area contributed by atoms with Crippen molar-refractivity contribution in [1.82, 2.24) is 4.98 Å². The van der Waals surface area contributed by atoms with Crippen molar-refractivity contribution in [3.63, 3.8) is 0 Å². The van der Waals surface area contributed by atoms with E-state index < -0.39 is 5.91 Å². The zero-order valence-corrected chi connectivity index (χ0v) is 19.6. The van der Waals surface area contributed by atoms with E-state index in [-0.39, 0.29) is 5.57 Å². The number of hydrogen-bond donors (Lipinski definition) is 1. The Morgan fingerprint density at radius 3 is 2.73 bits per heavy atom. The molecule has 0 saturated heterocycles. The molecule has 3 aromatic rings. The van der Waals surface area contributed by atoms with Crippen LogP contribution in [0, 0.1) is 11.3 Å². The van der Waals surface area contributed by atoms with Crippen LogP contribution in [0.5, 0.6) is 5.75 Å². The predicted octanol–water partition coefficient (Wildman–Crippen LogP) is 6.41. The van der Waals surface area contributed by atoms with Crippen LogP contribution in [0.15, 0.2) is 53.4 Å². The van der Waals surface area contributed by atoms with Crippen LogP contribution in [0.25, 0.3) is 17.3 Å². The number of rotatable bonds is 8. The van der Waals surface area contributed by atoms with Crippen LogP contribution >= 0.6 is 11.3 Å². The fraction of sp³-hybridized carbons (Fsp3) is 0.296. The molecule has 1 aliphatic carbocycles. The first-order valence-corrected chi connectivity index (χ1v) is 12.3. The number of aromatic nitrogens is 1. The quantitative estimate of drug-likeness (QED) is 0.241. The lowest BCUT2D eigenvalue weighted by molar-refractivity contribution is -0.112. The van der Waals surface area contributed by atoms with Crippen molar-refractivity contribution < 1.29 is 9.53 Å². The lowest BCUT2D eigenvalue weighted by atomic mass is 9.90. The third-order valence-corrected chi connectivity index (χ3v) is 6.45. The minimum atomic E-state index is -0.466. The van der Waals surface area contributed by atoms with Crippen molar-refractivity contribution in [2.24, 2.45) is 0 Å². The molecule has 1 aromatic heterocycles. The molecule has 0 saturated carbocycles. The molecular weight excluding hydrogens is 430 g/mol. The zero-order chi connectivity index (χ0) is 23.0. The van der Waals surface area contributed by atoms with Crippen molar-refractivity contribution in [2.45, 2.75) is 45.4 Å². The van der Waals surface area contributed by atoms with E-state index in [0.29, 0.717) is 11.7 Å². The molecule has 0 fully saturated rings. The lowest BCUT2D eigenvalue weighted by Crippen LogP contribution is -2.13. The molecule has 0 bridgehead atoms. The Bertz CT molecular complexity index is 1190. The molecule has 5 nitrogen and oxygen atoms in total. The SMILES string of the molecule is CCCCOc1ccc(/C=C(\C#N)C(=O)Nc2nc(-c3ccc4c(c3)CCCC4)cs2)cc1. The van der Waals surface area contributed by atoms with Gasteiger partial charge in [-0.05, 0) is 73.1 Å². The minimum Gasteiger partial charge on any atom is -0.494 e. The number of amides is 1. The maximum atomic E-state index is 12.7. The van der Waals surface area contributed by atoms with Crippen LogP contribution in [-0.2, 0) is 17.6 Å². The summed E-state index contributed by atoms with van der Waals surface area (Å²) in [5.74, 6) is 0.313. The third kappa shape index (κ3) is 5.88. The molecule has 1 N–H and O–H groups in total. The highest BCUT2D eigenvalue weighted by Gasteiger charge is 2.14. The summed E-state index contributed by atoms with van der Waals surface area (Å²) in [4.78, 5) is 17.2. The number of nitrogens with one attached hydrogen (secondary N) is 1. The first kappa shape index (κ1) is 22.8. The van der Waals surface area contributed by atoms with Crippen LogP contribution in [0.2, 0.25) is 0 Å². The zero-order valence-electron chi connectivity index (χ0n) is 18.8. The first-order chi connectivity index (χ1) is 16.2. The van der Waals surface area contributed by atoms with Gasteiger partial charge in [-0.25, -0.2) is 4.98 Å². The van der Waals surface area contributed by atoms with Gasteiger partial charge < -0.3 is 4.74 Å². The number of unbranched alkanes of at least 4 members (excludes halogenated alkanes) is 1. The molecule has 0 aliphatic heterocycles. The molecular formula is C27H27N3O2S. The number of aryl methyl sites for hydroxylation is 2. The van der Waals surface area contributed by atoms with Crippen molar-refractivity contribution >= 4 is 28.5 Å². The number of ether oxygens (including phenoxy) is 1. The van der Waals surface area contributed by atoms with Crippen LogP contribution in [0.4, 0.5) is 5.13 Å². The van der Waals surface area contributed by atoms with Gasteiger partial charge in [-0.15, -0.1) is 11.3 Å². The van der Waals surface area contributed by atoms with Gasteiger partial charge in [0.2, 0.25) is 0 Å². The number of nitriles is 1. The molecule has 4 rings (SSSR count). The van der Waals surface area contributed by atoms with E-state index in [0.717, 1.165) is 48.3 Å². The van der Waals surface area contributed by atoms with E-state index >= 15 is 0 Å². The number of nitrogens with zero attached hydrogens (tertiary/aromatic N) is 2. The molecule has 1 heterocycles. The van der Waals surface area contributed by atoms with Gasteiger partial charge in [0.15, 0.2) is 5.13 Å². The normalized spacial score (nSPS) is 13.2. The second-order valence-electron chi connectivity index (χ2n) is 8.12. The fourth-order valence-electron chi connectivity index (χ4n) is 3.83. The highest BCUT2D eigenvalue weighted by molar-refractivity contribution is 7.14. The highest BCUT2D eigenvalue weighted by atomic mass is 32.1. The summed E-state index contributed by atoms with van der Waals surface area (Å²) in [5.41, 5.74) is 5.51. The smallest absolute Gasteiger partial charge is 0.268 e. The Hall–Kier alpha value is -3.43. The first-order valence-electron chi connectivity index (χ1n) is 11.4. The Morgan fingerprint density at radius 1 is 1.18 bits per heavy atom. The van der Waals surface area contributed by atoms with E-state index in [9.17, 15) is 10.1 Å². The second-order valence-corrected chi connectivity index (χ2v) is 8.98. The molecule has 0 spiro atoms. The summed E-state index contributed by atoms with van der Waals surface area (Å²) in [6.45, 7) is 2.80. The maximum absolute atomic E-state index is 12.7. The van der Waals surface area contributed by atoms with E-state index in [4.69, 9.17) is 4.74 Å². The van der Waals surface area contributed by atoms with Crippen molar-refractivity contribution in [2.75, 3.05) is 11.9 Å². The molecule has 2 aromatic carbocycles. The van der Waals surface area contributed by atoms with E-state index in [1.807, 2.05) is 35.7 Å². The van der Waals surface area contributed by atoms with Gasteiger partial charge in [-0.3, -0.25) is 10.1 Å². The van der Waals surface area contributed by atoms with Crippen molar-refractivity contribution in [3.05, 3.63) is 70.1 Å². The van der Waals surface area contributed by atoms with Crippen LogP contribution in [0.1, 0.15) is 49.3 Å². The third-order valence-electron chi connectivity index (χ3n) is 5.69. The number of anilines is 1. The highest BCUT2D eigenvalue weighted by Crippen LogP contribution is 2.30. The fourth-order valence-corrected chi connectivity index (χ4v) is 4.55. The number of fused-ring (bicyclic) bond motifs is 1. The van der Waals surface area contributed by atoms with Gasteiger partial charge in [-0.2, -0.15) is 5.26 Å². The van der Waals surface area contributed by atoms with Gasteiger partial charge in [-0.1, -0.05) is 37.6 Å². The maximum Gasteiger partial charge on any atom is 0.268 e. The predicted molar refractivity (Wildman–Crippen MR) is 133 cm³/mol. The van der Waals surface area contributed by atoms with Crippen LogP contribution < -0.4 is 10.1 Å². The molecule has 33 heavy (non-hydrogen) atoms. The number of carbonyl (C=O) groups is 1. The average molecular weight is 458 g/mol. The van der Waals surface area contributed by atoms with Gasteiger partial charge in [0, 0.05) is 10.9 Å². The van der Waals surface area contributed by atoms with Crippen LogP contribution in [-0.4, -0.2) is 17.5 Å². The van der Waals surface area contributed by atoms with Crippen molar-refractivity contribution in [3.8, 4) is 23.1 Å². The number of carbonyl (C=O) groups excluding carboxylic acids is 1. The van der Waals surface area contributed by atoms with E-state index in [1.165, 1.54) is 35.3 Å². The Kier molecular flexibility index (Phi) is 7.54. The van der Waals surface area contributed by atoms with Gasteiger partial charge in [0.1, 0.15) is 17.4 Å². The van der Waals surface area contributed by atoms with Crippen LogP contribution in [0.3, 0.4) is 0 Å². The Labute approximate surface area is 198 Å². The van der Waals surface area contributed by atoms with E-state index in [1.54, 1.807) is 6.08 Å². The Morgan fingerprint density at radius 2 is 1.97 bits per heavy atom. The minimum absolute atomic E-state index is 0.0279. The summed E-state index contributed by atoms with van der Waals surface area (Å²) >= 11 is 1.36. The number of hydrogen-bond acceptors (Lipinski definition) is 5. The molecule has 6 heteroatoms. The summed E-state index contributed by atoms with van der Waals surface area (Å²) in [6, 6.07) is 15.9. The van der Waals surface area contributed by atoms with E-state index in [2.05, 4.69) is 35.4 Å². The van der Waals surface area contributed by atoms with Gasteiger partial charge in [0.25, 0.3) is 5.91 Å². The molecule has 0 unspecified atom stereocenters. The molecule has 1 aliphatic rings. The molecule has 168 valence electrons. The molecule has 0 atom stereocenters. The standard InChI is InChI=1S/C27H27N3O2S/c1-2-3-14-32-24-12-8-19(9-13-24)15-23(17-28)26(31)30-27-29-25(18-33-27)22-11-10-20-6-4-5-7-21(20)16-22/h8-13,15-16,18H,2-7,14H2,1H3,(H,29,30,31)/b23-15+. The summed E-state index contributed by atoms with van der Waals surface area (Å²) in [7, 11) is 0. The van der Waals surface area contributed by atoms with Gasteiger partial charge >= 0.3 is 0 Å². The second kappa shape index (κ2) is 10.9. The topological polar surface area (TPSA) is 75.0 Å². The average Bonchev–Trinajstić information content (AvgIpc) is 3.31.